The smallest absolute Gasteiger partial charge is 0.272 e. The summed E-state index contributed by atoms with van der Waals surface area (Å²) in [7, 11) is 0. The Morgan fingerprint density at radius 3 is 2.00 bits per heavy atom. The van der Waals surface area contributed by atoms with Crippen LogP contribution in [0.4, 0.5) is 5.69 Å². The van der Waals surface area contributed by atoms with Gasteiger partial charge in [0.05, 0.1) is 0 Å². The molecule has 0 bridgehead atoms. The first-order chi connectivity index (χ1) is 10.2. The van der Waals surface area contributed by atoms with Gasteiger partial charge in [0, 0.05) is 16.9 Å². The number of amides is 1. The van der Waals surface area contributed by atoms with Crippen LogP contribution in [-0.2, 0) is 0 Å². The third-order valence-electron chi connectivity index (χ3n) is 3.93. The zero-order chi connectivity index (χ0) is 16.6. The van der Waals surface area contributed by atoms with Crippen LogP contribution in [0.5, 0.6) is 0 Å². The lowest BCUT2D eigenvalue weighted by molar-refractivity contribution is 0.101. The van der Waals surface area contributed by atoms with Crippen molar-refractivity contribution in [3.8, 4) is 0 Å². The third-order valence-corrected chi connectivity index (χ3v) is 3.93. The van der Waals surface area contributed by atoms with Gasteiger partial charge in [-0.3, -0.25) is 9.59 Å². The Morgan fingerprint density at radius 2 is 1.55 bits per heavy atom. The van der Waals surface area contributed by atoms with E-state index >= 15 is 0 Å². The first kappa shape index (κ1) is 16.0. The van der Waals surface area contributed by atoms with Gasteiger partial charge in [0.15, 0.2) is 5.78 Å². The van der Waals surface area contributed by atoms with Crippen LogP contribution in [0.2, 0.25) is 0 Å². The lowest BCUT2D eigenvalue weighted by Crippen LogP contribution is -2.15. The van der Waals surface area contributed by atoms with Crippen LogP contribution >= 0.6 is 0 Å². The molecule has 1 aromatic carbocycles. The van der Waals surface area contributed by atoms with Gasteiger partial charge in [0.1, 0.15) is 5.69 Å². The summed E-state index contributed by atoms with van der Waals surface area (Å²) in [6.45, 7) is 11.1. The highest BCUT2D eigenvalue weighted by Gasteiger charge is 2.20. The Bertz CT molecular complexity index is 747. The van der Waals surface area contributed by atoms with Crippen molar-refractivity contribution in [2.75, 3.05) is 5.32 Å². The van der Waals surface area contributed by atoms with Crippen LogP contribution < -0.4 is 5.32 Å². The van der Waals surface area contributed by atoms with E-state index in [2.05, 4.69) is 10.3 Å². The van der Waals surface area contributed by atoms with Gasteiger partial charge in [-0.05, 0) is 58.2 Å². The number of carbonyl (C=O) groups is 2. The third kappa shape index (κ3) is 2.82. The number of nitrogens with one attached hydrogen (secondary N) is 2. The Labute approximate surface area is 130 Å². The van der Waals surface area contributed by atoms with E-state index in [1.807, 2.05) is 39.8 Å². The Balaban J connectivity index is 2.39. The summed E-state index contributed by atoms with van der Waals surface area (Å²) in [6, 6.07) is 4.08. The molecule has 2 N–H and O–H groups in total. The summed E-state index contributed by atoms with van der Waals surface area (Å²) in [6.07, 6.45) is 0. The Kier molecular flexibility index (Phi) is 4.22. The molecule has 0 aliphatic heterocycles. The molecular formula is C18H22N2O2. The number of carbonyl (C=O) groups excluding carboxylic acids is 2. The standard InChI is InChI=1S/C18H22N2O2/c1-9-7-10(2)16(11(3)8-9)20-18(22)17-12(4)15(14(6)21)13(5)19-17/h7-8,19H,1-6H3,(H,20,22). The molecule has 0 saturated heterocycles. The summed E-state index contributed by atoms with van der Waals surface area (Å²) in [5, 5.41) is 2.96. The normalized spacial score (nSPS) is 10.6. The molecule has 4 nitrogen and oxygen atoms in total. The molecule has 0 fully saturated rings. The topological polar surface area (TPSA) is 62.0 Å². The van der Waals surface area contributed by atoms with Crippen molar-refractivity contribution >= 4 is 17.4 Å². The van der Waals surface area contributed by atoms with E-state index in [0.717, 1.165) is 22.5 Å². The molecule has 0 spiro atoms. The Hall–Kier alpha value is -2.36. The van der Waals surface area contributed by atoms with Crippen molar-refractivity contribution in [2.24, 2.45) is 0 Å². The first-order valence-electron chi connectivity index (χ1n) is 7.31. The molecule has 22 heavy (non-hydrogen) atoms. The second-order valence-electron chi connectivity index (χ2n) is 5.91. The zero-order valence-corrected chi connectivity index (χ0v) is 14.0. The number of aryl methyl sites for hydroxylation is 4. The van der Waals surface area contributed by atoms with Crippen LogP contribution in [0.25, 0.3) is 0 Å². The minimum atomic E-state index is -0.219. The second kappa shape index (κ2) is 5.79. The van der Waals surface area contributed by atoms with Crippen LogP contribution in [0.1, 0.15) is 55.7 Å². The largest absolute Gasteiger partial charge is 0.354 e. The van der Waals surface area contributed by atoms with Crippen LogP contribution in [0, 0.1) is 34.6 Å². The van der Waals surface area contributed by atoms with E-state index in [-0.39, 0.29) is 11.7 Å². The number of H-pyrrole nitrogens is 1. The van der Waals surface area contributed by atoms with Crippen molar-refractivity contribution in [3.63, 3.8) is 0 Å². The molecule has 1 amide bonds. The molecule has 0 aliphatic rings. The number of aromatic amines is 1. The molecule has 0 radical (unpaired) electrons. The molecule has 4 heteroatoms. The van der Waals surface area contributed by atoms with Crippen molar-refractivity contribution in [3.05, 3.63) is 51.3 Å². The molecule has 116 valence electrons. The van der Waals surface area contributed by atoms with E-state index in [9.17, 15) is 9.59 Å². The van der Waals surface area contributed by atoms with Gasteiger partial charge in [-0.25, -0.2) is 0 Å². The summed E-state index contributed by atoms with van der Waals surface area (Å²) in [5.74, 6) is -0.254. The molecule has 0 atom stereocenters. The molecule has 1 heterocycles. The van der Waals surface area contributed by atoms with Gasteiger partial charge in [-0.15, -0.1) is 0 Å². The van der Waals surface area contributed by atoms with Gasteiger partial charge in [-0.2, -0.15) is 0 Å². The quantitative estimate of drug-likeness (QED) is 0.841. The highest BCUT2D eigenvalue weighted by molar-refractivity contribution is 6.08. The highest BCUT2D eigenvalue weighted by atomic mass is 16.2. The average molecular weight is 298 g/mol. The fraction of sp³-hybridized carbons (Fsp3) is 0.333. The molecular weight excluding hydrogens is 276 g/mol. The molecule has 0 unspecified atom stereocenters. The van der Waals surface area contributed by atoms with Crippen molar-refractivity contribution in [2.45, 2.75) is 41.5 Å². The van der Waals surface area contributed by atoms with E-state index < -0.39 is 0 Å². The predicted octanol–water partition coefficient (Wildman–Crippen LogP) is 4.01. The maximum Gasteiger partial charge on any atom is 0.272 e. The van der Waals surface area contributed by atoms with Crippen molar-refractivity contribution in [1.82, 2.24) is 4.98 Å². The van der Waals surface area contributed by atoms with Crippen LogP contribution in [0.3, 0.4) is 0 Å². The van der Waals surface area contributed by atoms with Gasteiger partial charge in [0.25, 0.3) is 5.91 Å². The SMILES string of the molecule is CC(=O)c1c(C)[nH]c(C(=O)Nc2c(C)cc(C)cc2C)c1C. The molecule has 2 aromatic rings. The maximum absolute atomic E-state index is 12.6. The summed E-state index contributed by atoms with van der Waals surface area (Å²) < 4.78 is 0. The zero-order valence-electron chi connectivity index (χ0n) is 14.0. The van der Waals surface area contributed by atoms with E-state index in [0.29, 0.717) is 16.8 Å². The number of benzene rings is 1. The van der Waals surface area contributed by atoms with Gasteiger partial charge in [-0.1, -0.05) is 17.7 Å². The van der Waals surface area contributed by atoms with Gasteiger partial charge in [0.2, 0.25) is 0 Å². The van der Waals surface area contributed by atoms with E-state index in [4.69, 9.17) is 0 Å². The number of hydrogen-bond donors (Lipinski definition) is 2. The summed E-state index contributed by atoms with van der Waals surface area (Å²) in [5.41, 5.74) is 6.52. The number of hydrogen-bond acceptors (Lipinski definition) is 2. The number of ketones is 1. The van der Waals surface area contributed by atoms with Gasteiger partial charge >= 0.3 is 0 Å². The fourth-order valence-electron chi connectivity index (χ4n) is 3.06. The van der Waals surface area contributed by atoms with Gasteiger partial charge < -0.3 is 10.3 Å². The molecule has 1 aromatic heterocycles. The monoisotopic (exact) mass is 298 g/mol. The molecule has 0 saturated carbocycles. The van der Waals surface area contributed by atoms with Crippen LogP contribution in [-0.4, -0.2) is 16.7 Å². The molecule has 0 aliphatic carbocycles. The summed E-state index contributed by atoms with van der Waals surface area (Å²) >= 11 is 0. The van der Waals surface area contributed by atoms with E-state index in [1.54, 1.807) is 6.92 Å². The van der Waals surface area contributed by atoms with Crippen LogP contribution in [0.15, 0.2) is 12.1 Å². The number of anilines is 1. The number of aromatic nitrogens is 1. The second-order valence-corrected chi connectivity index (χ2v) is 5.91. The van der Waals surface area contributed by atoms with Crippen molar-refractivity contribution in [1.29, 1.82) is 0 Å². The first-order valence-corrected chi connectivity index (χ1v) is 7.31. The lowest BCUT2D eigenvalue weighted by Gasteiger charge is -2.12. The van der Waals surface area contributed by atoms with E-state index in [1.165, 1.54) is 12.5 Å². The number of Topliss-reactive ketones (excluding diaryl/α,β-unsaturated/α-hetero) is 1. The minimum absolute atomic E-state index is 0.0343. The lowest BCUT2D eigenvalue weighted by atomic mass is 10.0. The molecule has 2 rings (SSSR count). The Morgan fingerprint density at radius 1 is 1.00 bits per heavy atom. The average Bonchev–Trinajstić information content (AvgIpc) is 2.69. The predicted molar refractivity (Wildman–Crippen MR) is 88.9 cm³/mol. The van der Waals surface area contributed by atoms with Crippen molar-refractivity contribution < 1.29 is 9.59 Å². The minimum Gasteiger partial charge on any atom is -0.354 e. The summed E-state index contributed by atoms with van der Waals surface area (Å²) in [4.78, 5) is 27.3. The fourth-order valence-corrected chi connectivity index (χ4v) is 3.06. The maximum atomic E-state index is 12.6. The number of rotatable bonds is 3. The highest BCUT2D eigenvalue weighted by Crippen LogP contribution is 2.24.